The quantitative estimate of drug-likeness (QED) is 0.643. The number of nitrogens with zero attached hydrogens (tertiary/aromatic N) is 2. The number of hydrogen-bond donors (Lipinski definition) is 2. The smallest absolute Gasteiger partial charge is 0.394 e. The summed E-state index contributed by atoms with van der Waals surface area (Å²) in [6, 6.07) is 1.42. The van der Waals surface area contributed by atoms with E-state index in [0.717, 1.165) is 6.07 Å². The molecule has 0 radical (unpaired) electrons. The number of aliphatic hydroxyl groups is 1. The van der Waals surface area contributed by atoms with Crippen LogP contribution >= 0.6 is 11.6 Å². The number of benzene rings is 1. The highest BCUT2D eigenvalue weighted by molar-refractivity contribution is 6.31. The number of nitrogens with two attached hydrogens (primary N) is 1. The molecule has 128 valence electrons. The van der Waals surface area contributed by atoms with E-state index < -0.39 is 32.9 Å². The molecule has 0 aliphatic carbocycles. The van der Waals surface area contributed by atoms with E-state index in [2.05, 4.69) is 0 Å². The first-order valence-electron chi connectivity index (χ1n) is 6.77. The summed E-state index contributed by atoms with van der Waals surface area (Å²) >= 11 is 5.66. The van der Waals surface area contributed by atoms with Crippen LogP contribution in [0.25, 0.3) is 0 Å². The molecule has 6 nitrogen and oxygen atoms in total. The van der Waals surface area contributed by atoms with Crippen molar-refractivity contribution in [3.63, 3.8) is 0 Å². The lowest BCUT2D eigenvalue weighted by Crippen LogP contribution is -2.53. The molecule has 1 aromatic carbocycles. The zero-order chi connectivity index (χ0) is 17.4. The highest BCUT2D eigenvalue weighted by atomic mass is 35.5. The molecular formula is C13H15ClF3N3O3. The van der Waals surface area contributed by atoms with Crippen LogP contribution in [-0.2, 0) is 6.18 Å². The van der Waals surface area contributed by atoms with E-state index in [-0.39, 0.29) is 25.4 Å². The number of piperidine rings is 1. The second-order valence-corrected chi connectivity index (χ2v) is 5.99. The average molecular weight is 354 g/mol. The number of aliphatic hydroxyl groups excluding tert-OH is 1. The van der Waals surface area contributed by atoms with Gasteiger partial charge < -0.3 is 15.7 Å². The molecule has 0 unspecified atom stereocenters. The molecular weight excluding hydrogens is 339 g/mol. The Balaban J connectivity index is 2.40. The van der Waals surface area contributed by atoms with Crippen LogP contribution in [0.2, 0.25) is 5.02 Å². The number of nitro benzene ring substituents is 1. The molecule has 23 heavy (non-hydrogen) atoms. The summed E-state index contributed by atoms with van der Waals surface area (Å²) < 4.78 is 38.5. The minimum atomic E-state index is -4.77. The third kappa shape index (κ3) is 3.67. The maximum atomic E-state index is 12.8. The molecule has 1 heterocycles. The Labute approximate surface area is 134 Å². The summed E-state index contributed by atoms with van der Waals surface area (Å²) in [5, 5.41) is 19.8. The van der Waals surface area contributed by atoms with Crippen LogP contribution in [0.1, 0.15) is 18.4 Å². The summed E-state index contributed by atoms with van der Waals surface area (Å²) in [7, 11) is 0. The minimum Gasteiger partial charge on any atom is -0.394 e. The molecule has 1 aliphatic rings. The number of rotatable bonds is 3. The predicted molar refractivity (Wildman–Crippen MR) is 78.6 cm³/mol. The molecule has 3 N–H and O–H groups in total. The van der Waals surface area contributed by atoms with Crippen molar-refractivity contribution < 1.29 is 23.2 Å². The zero-order valence-electron chi connectivity index (χ0n) is 11.9. The SMILES string of the molecule is NC1(CO)CCN(c2cc(Cl)c(C(F)(F)F)cc2[N+](=O)[O-])CC1. The minimum absolute atomic E-state index is 0.0213. The van der Waals surface area contributed by atoms with E-state index >= 15 is 0 Å². The molecule has 0 spiro atoms. The van der Waals surface area contributed by atoms with Crippen molar-refractivity contribution in [2.45, 2.75) is 24.6 Å². The van der Waals surface area contributed by atoms with Gasteiger partial charge in [-0.3, -0.25) is 10.1 Å². The van der Waals surface area contributed by atoms with E-state index in [1.54, 1.807) is 4.90 Å². The number of anilines is 1. The second-order valence-electron chi connectivity index (χ2n) is 5.58. The lowest BCUT2D eigenvalue weighted by atomic mass is 9.89. The van der Waals surface area contributed by atoms with Gasteiger partial charge in [0.05, 0.1) is 22.1 Å². The highest BCUT2D eigenvalue weighted by Crippen LogP contribution is 2.42. The first-order valence-corrected chi connectivity index (χ1v) is 7.15. The fraction of sp³-hybridized carbons (Fsp3) is 0.538. The van der Waals surface area contributed by atoms with Gasteiger partial charge in [-0.25, -0.2) is 0 Å². The number of nitro groups is 1. The molecule has 0 amide bonds. The van der Waals surface area contributed by atoms with Gasteiger partial charge >= 0.3 is 6.18 Å². The summed E-state index contributed by atoms with van der Waals surface area (Å²) in [6.07, 6.45) is -4.05. The second kappa shape index (κ2) is 6.14. The van der Waals surface area contributed by atoms with Crippen LogP contribution in [0.4, 0.5) is 24.5 Å². The largest absolute Gasteiger partial charge is 0.418 e. The molecule has 2 rings (SSSR count). The Bertz CT molecular complexity index is 616. The normalized spacial score (nSPS) is 18.1. The fourth-order valence-electron chi connectivity index (χ4n) is 2.52. The molecule has 1 aliphatic heterocycles. The van der Waals surface area contributed by atoms with Crippen molar-refractivity contribution >= 4 is 23.0 Å². The maximum absolute atomic E-state index is 12.8. The molecule has 1 fully saturated rings. The summed E-state index contributed by atoms with van der Waals surface area (Å²) in [4.78, 5) is 11.8. The third-order valence-corrected chi connectivity index (χ3v) is 4.29. The topological polar surface area (TPSA) is 92.6 Å². The van der Waals surface area contributed by atoms with Gasteiger partial charge in [0.2, 0.25) is 0 Å². The Morgan fingerprint density at radius 2 is 1.96 bits per heavy atom. The van der Waals surface area contributed by atoms with E-state index in [4.69, 9.17) is 17.3 Å². The van der Waals surface area contributed by atoms with Crippen LogP contribution < -0.4 is 10.6 Å². The van der Waals surface area contributed by atoms with Crippen LogP contribution in [0.3, 0.4) is 0 Å². The van der Waals surface area contributed by atoms with Crippen LogP contribution in [0, 0.1) is 10.1 Å². The molecule has 1 aromatic rings. The van der Waals surface area contributed by atoms with Crippen molar-refractivity contribution in [1.29, 1.82) is 0 Å². The maximum Gasteiger partial charge on any atom is 0.418 e. The molecule has 0 atom stereocenters. The van der Waals surface area contributed by atoms with Crippen LogP contribution in [-0.4, -0.2) is 35.3 Å². The van der Waals surface area contributed by atoms with Gasteiger partial charge in [-0.15, -0.1) is 0 Å². The van der Waals surface area contributed by atoms with Gasteiger partial charge in [-0.05, 0) is 18.9 Å². The number of hydrogen-bond acceptors (Lipinski definition) is 5. The molecule has 0 saturated carbocycles. The van der Waals surface area contributed by atoms with Crippen molar-refractivity contribution in [3.8, 4) is 0 Å². The van der Waals surface area contributed by atoms with Gasteiger partial charge in [0, 0.05) is 24.7 Å². The molecule has 0 bridgehead atoms. The Morgan fingerprint density at radius 3 is 2.39 bits per heavy atom. The van der Waals surface area contributed by atoms with Crippen molar-refractivity contribution in [1.82, 2.24) is 0 Å². The van der Waals surface area contributed by atoms with E-state index in [1.165, 1.54) is 0 Å². The molecule has 1 saturated heterocycles. The van der Waals surface area contributed by atoms with Crippen LogP contribution in [0.15, 0.2) is 12.1 Å². The first-order chi connectivity index (χ1) is 10.6. The first kappa shape index (κ1) is 17.8. The Hall–Kier alpha value is -1.58. The summed E-state index contributed by atoms with van der Waals surface area (Å²) in [5.41, 5.74) is 3.27. The standard InChI is InChI=1S/C13H15ClF3N3O3/c14-9-6-10(19-3-1-12(18,7-21)2-4-19)11(20(22)23)5-8(9)13(15,16)17/h5-6,21H,1-4,7,18H2. The van der Waals surface area contributed by atoms with E-state index in [0.29, 0.717) is 18.9 Å². The number of alkyl halides is 3. The van der Waals surface area contributed by atoms with E-state index in [9.17, 15) is 28.4 Å². The van der Waals surface area contributed by atoms with Crippen LogP contribution in [0.5, 0.6) is 0 Å². The lowest BCUT2D eigenvalue weighted by Gasteiger charge is -2.39. The fourth-order valence-corrected chi connectivity index (χ4v) is 2.78. The van der Waals surface area contributed by atoms with Gasteiger partial charge in [-0.2, -0.15) is 13.2 Å². The summed E-state index contributed by atoms with van der Waals surface area (Å²) in [6.45, 7) is 0.329. The van der Waals surface area contributed by atoms with Gasteiger partial charge in [-0.1, -0.05) is 11.6 Å². The monoisotopic (exact) mass is 353 g/mol. The van der Waals surface area contributed by atoms with E-state index in [1.807, 2.05) is 0 Å². The number of halogens is 4. The Kier molecular flexibility index (Phi) is 4.74. The van der Waals surface area contributed by atoms with Gasteiger partial charge in [0.25, 0.3) is 5.69 Å². The molecule has 0 aromatic heterocycles. The highest BCUT2D eigenvalue weighted by Gasteiger charge is 2.38. The van der Waals surface area contributed by atoms with Gasteiger partial charge in [0.15, 0.2) is 0 Å². The predicted octanol–water partition coefficient (Wildman–Crippen LogP) is 2.56. The molecule has 10 heteroatoms. The van der Waals surface area contributed by atoms with Gasteiger partial charge in [0.1, 0.15) is 5.69 Å². The van der Waals surface area contributed by atoms with Crippen molar-refractivity contribution in [3.05, 3.63) is 32.8 Å². The van der Waals surface area contributed by atoms with Crippen molar-refractivity contribution in [2.24, 2.45) is 5.73 Å². The van der Waals surface area contributed by atoms with Crippen molar-refractivity contribution in [2.75, 3.05) is 24.6 Å². The lowest BCUT2D eigenvalue weighted by molar-refractivity contribution is -0.384. The third-order valence-electron chi connectivity index (χ3n) is 3.98. The average Bonchev–Trinajstić information content (AvgIpc) is 2.46. The Morgan fingerprint density at radius 1 is 1.39 bits per heavy atom. The zero-order valence-corrected chi connectivity index (χ0v) is 12.7. The summed E-state index contributed by atoms with van der Waals surface area (Å²) in [5.74, 6) is 0.